The predicted octanol–water partition coefficient (Wildman–Crippen LogP) is 0.313. The van der Waals surface area contributed by atoms with Crippen molar-refractivity contribution in [1.29, 1.82) is 5.26 Å². The average Bonchev–Trinajstić information content (AvgIpc) is 2.62. The zero-order valence-corrected chi connectivity index (χ0v) is 17.7. The molecule has 1 aromatic carbocycles. The third-order valence-electron chi connectivity index (χ3n) is 4.77. The molecule has 3 rings (SSSR count). The summed E-state index contributed by atoms with van der Waals surface area (Å²) in [5.41, 5.74) is 0.969. The first-order valence-corrected chi connectivity index (χ1v) is 11.1. The second kappa shape index (κ2) is 8.12. The average molecular weight is 426 g/mol. The van der Waals surface area contributed by atoms with Crippen molar-refractivity contribution in [3.05, 3.63) is 52.8 Å². The molecule has 0 aliphatic carbocycles. The van der Waals surface area contributed by atoms with Crippen LogP contribution in [0.2, 0.25) is 4.71 Å². The molecule has 1 unspecified atom stereocenters. The van der Waals surface area contributed by atoms with Crippen LogP contribution in [0.1, 0.15) is 5.56 Å². The van der Waals surface area contributed by atoms with Crippen molar-refractivity contribution in [3.8, 4) is 6.07 Å². The summed E-state index contributed by atoms with van der Waals surface area (Å²) in [5.74, 6) is -0.0534. The zero-order valence-electron chi connectivity index (χ0n) is 15.6. The Hall–Kier alpha value is -2.35. The number of likely N-dealkylation sites (N-methyl/N-ethyl adjacent to an activating group) is 1. The fourth-order valence-electron chi connectivity index (χ4n) is 3.27. The van der Waals surface area contributed by atoms with Crippen LogP contribution in [0.3, 0.4) is 0 Å². The third kappa shape index (κ3) is 3.85. The van der Waals surface area contributed by atoms with Crippen LogP contribution in [0.5, 0.6) is 0 Å². The molecule has 0 spiro atoms. The Morgan fingerprint density at radius 2 is 2.11 bits per heavy atom. The quantitative estimate of drug-likeness (QED) is 0.493. The van der Waals surface area contributed by atoms with E-state index in [9.17, 15) is 14.9 Å². The van der Waals surface area contributed by atoms with Crippen LogP contribution in [0.15, 0.2) is 41.7 Å². The van der Waals surface area contributed by atoms with E-state index in [1.54, 1.807) is 9.47 Å². The van der Waals surface area contributed by atoms with Crippen LogP contribution in [0.25, 0.3) is 10.9 Å². The molecule has 1 amide bonds. The van der Waals surface area contributed by atoms with Crippen LogP contribution in [0, 0.1) is 11.3 Å². The molecule has 6 nitrogen and oxygen atoms in total. The fraction of sp³-hybridized carbons (Fsp3) is 0.350. The van der Waals surface area contributed by atoms with Gasteiger partial charge in [0.25, 0.3) is 0 Å². The van der Waals surface area contributed by atoms with Gasteiger partial charge >= 0.3 is 165 Å². The molecular weight excluding hydrogens is 403 g/mol. The molecule has 1 aromatic heterocycles. The molecule has 1 fully saturated rings. The first-order valence-electron chi connectivity index (χ1n) is 8.84. The summed E-state index contributed by atoms with van der Waals surface area (Å²) >= 11 is -0.725. The topological polar surface area (TPSA) is 69.3 Å². The monoisotopic (exact) mass is 426 g/mol. The molecule has 1 aliphatic rings. The molecule has 2 heterocycles. The van der Waals surface area contributed by atoms with Crippen molar-refractivity contribution >= 4 is 36.9 Å². The van der Waals surface area contributed by atoms with Crippen LogP contribution in [-0.2, 0) is 11.3 Å². The van der Waals surface area contributed by atoms with Gasteiger partial charge in [0.05, 0.1) is 0 Å². The van der Waals surface area contributed by atoms with Gasteiger partial charge in [0.2, 0.25) is 0 Å². The van der Waals surface area contributed by atoms with Crippen molar-refractivity contribution < 1.29 is 4.79 Å². The van der Waals surface area contributed by atoms with E-state index in [0.717, 1.165) is 21.8 Å². The van der Waals surface area contributed by atoms with Crippen LogP contribution in [0.4, 0.5) is 0 Å². The van der Waals surface area contributed by atoms with E-state index < -0.39 is 15.8 Å². The molecule has 27 heavy (non-hydrogen) atoms. The van der Waals surface area contributed by atoms with Gasteiger partial charge < -0.3 is 0 Å². The third-order valence-corrected chi connectivity index (χ3v) is 8.09. The molecule has 2 aromatic rings. The number of benzene rings is 1. The summed E-state index contributed by atoms with van der Waals surface area (Å²) in [6.07, 6.45) is 1.33. The SMILES string of the molecule is C=CC(=O)N1CC([AsH]c2c(C#N)c(=O)n(CCN(C)C)c3ccccc23)C1. The van der Waals surface area contributed by atoms with Gasteiger partial charge in [0.1, 0.15) is 0 Å². The number of aromatic nitrogens is 1. The van der Waals surface area contributed by atoms with Gasteiger partial charge in [-0.1, -0.05) is 0 Å². The Balaban J connectivity index is 2.00. The molecule has 140 valence electrons. The van der Waals surface area contributed by atoms with Gasteiger partial charge in [0.15, 0.2) is 0 Å². The van der Waals surface area contributed by atoms with Crippen LogP contribution < -0.4 is 9.91 Å². The van der Waals surface area contributed by atoms with Crippen molar-refractivity contribution in [3.63, 3.8) is 0 Å². The number of hydrogen-bond donors (Lipinski definition) is 0. The van der Waals surface area contributed by atoms with Gasteiger partial charge in [-0.15, -0.1) is 0 Å². The van der Waals surface area contributed by atoms with Gasteiger partial charge in [0, 0.05) is 0 Å². The molecule has 7 heteroatoms. The second-order valence-electron chi connectivity index (χ2n) is 6.93. The van der Waals surface area contributed by atoms with Crippen molar-refractivity contribution in [2.45, 2.75) is 11.3 Å². The van der Waals surface area contributed by atoms with E-state index in [2.05, 4.69) is 12.6 Å². The molecule has 0 N–H and O–H groups in total. The van der Waals surface area contributed by atoms with Crippen molar-refractivity contribution in [1.82, 2.24) is 14.4 Å². The van der Waals surface area contributed by atoms with Crippen molar-refractivity contribution in [2.24, 2.45) is 0 Å². The van der Waals surface area contributed by atoms with E-state index in [1.165, 1.54) is 6.08 Å². The number of amides is 1. The van der Waals surface area contributed by atoms with Gasteiger partial charge in [-0.3, -0.25) is 0 Å². The summed E-state index contributed by atoms with van der Waals surface area (Å²) < 4.78 is 3.02. The summed E-state index contributed by atoms with van der Waals surface area (Å²) in [7, 11) is 3.93. The number of fused-ring (bicyclic) bond motifs is 1. The molecule has 1 saturated heterocycles. The predicted molar refractivity (Wildman–Crippen MR) is 109 cm³/mol. The summed E-state index contributed by atoms with van der Waals surface area (Å²) in [4.78, 5) is 28.5. The van der Waals surface area contributed by atoms with Crippen molar-refractivity contribution in [2.75, 3.05) is 33.7 Å². The molecule has 1 atom stereocenters. The second-order valence-corrected chi connectivity index (χ2v) is 10.3. The van der Waals surface area contributed by atoms with E-state index in [-0.39, 0.29) is 17.0 Å². The summed E-state index contributed by atoms with van der Waals surface area (Å²) in [6, 6.07) is 10.0. The number of rotatable bonds is 6. The van der Waals surface area contributed by atoms with E-state index in [4.69, 9.17) is 0 Å². The Kier molecular flexibility index (Phi) is 5.84. The first kappa shape index (κ1) is 19.4. The van der Waals surface area contributed by atoms with Gasteiger partial charge in [-0.25, -0.2) is 0 Å². The normalized spacial score (nSPS) is 14.7. The number of carbonyl (C=O) groups is 1. The number of likely N-dealkylation sites (tertiary alicyclic amines) is 1. The van der Waals surface area contributed by atoms with Gasteiger partial charge in [-0.2, -0.15) is 0 Å². The molecular formula is C20H23AsN4O2. The number of hydrogen-bond acceptors (Lipinski definition) is 4. The maximum absolute atomic E-state index is 13.0. The van der Waals surface area contributed by atoms with Crippen LogP contribution >= 0.6 is 0 Å². The Morgan fingerprint density at radius 1 is 1.41 bits per heavy atom. The standard InChI is InChI=1S/C20H23AsN4O2/c1-4-18(26)24-12-14(13-24)21-19-15-7-5-6-8-17(15)25(10-9-23(2)3)20(27)16(19)11-22/h4-8,14,21H,1,9-10,12-13H2,2-3H3. The molecule has 0 radical (unpaired) electrons. The number of carbonyl (C=O) groups excluding carboxylic acids is 1. The number of pyridine rings is 1. The molecule has 0 saturated carbocycles. The first-order chi connectivity index (χ1) is 13.0. The van der Waals surface area contributed by atoms with E-state index in [1.807, 2.05) is 43.3 Å². The minimum absolute atomic E-state index is 0.0534. The Labute approximate surface area is 165 Å². The maximum atomic E-state index is 13.0. The zero-order chi connectivity index (χ0) is 19.6. The van der Waals surface area contributed by atoms with E-state index in [0.29, 0.717) is 24.3 Å². The Bertz CT molecular complexity index is 984. The number of nitrogens with zero attached hydrogens (tertiary/aromatic N) is 4. The fourth-order valence-corrected chi connectivity index (χ4v) is 6.84. The van der Waals surface area contributed by atoms with Crippen LogP contribution in [-0.4, -0.2) is 69.8 Å². The number of nitriles is 1. The minimum atomic E-state index is -0.725. The molecule has 0 bridgehead atoms. The summed E-state index contributed by atoms with van der Waals surface area (Å²) in [6.45, 7) is 6.17. The van der Waals surface area contributed by atoms with Gasteiger partial charge in [-0.05, 0) is 0 Å². The Morgan fingerprint density at radius 3 is 2.74 bits per heavy atom. The number of para-hydroxylation sites is 1. The van der Waals surface area contributed by atoms with E-state index >= 15 is 0 Å². The summed E-state index contributed by atoms with van der Waals surface area (Å²) in [5, 5.41) is 10.7. The molecule has 1 aliphatic heterocycles.